The molecule has 2 aromatic carbocycles. The number of nitriles is 1. The van der Waals surface area contributed by atoms with Crippen LogP contribution in [0.3, 0.4) is 0 Å². The van der Waals surface area contributed by atoms with Crippen molar-refractivity contribution >= 4 is 11.3 Å². The van der Waals surface area contributed by atoms with E-state index >= 15 is 0 Å². The van der Waals surface area contributed by atoms with Gasteiger partial charge in [-0.1, -0.05) is 18.2 Å². The van der Waals surface area contributed by atoms with Gasteiger partial charge >= 0.3 is 0 Å². The van der Waals surface area contributed by atoms with Crippen LogP contribution in [0.1, 0.15) is 43.0 Å². The van der Waals surface area contributed by atoms with E-state index in [9.17, 15) is 5.26 Å². The van der Waals surface area contributed by atoms with E-state index in [1.807, 2.05) is 39.1 Å². The van der Waals surface area contributed by atoms with Crippen molar-refractivity contribution in [2.45, 2.75) is 38.8 Å². The van der Waals surface area contributed by atoms with Gasteiger partial charge in [-0.3, -0.25) is 0 Å². The Morgan fingerprint density at radius 3 is 2.71 bits per heavy atom. The number of hydrogen-bond acceptors (Lipinski definition) is 4. The highest BCUT2D eigenvalue weighted by Crippen LogP contribution is 2.42. The Morgan fingerprint density at radius 1 is 1.14 bits per heavy atom. The average Bonchev–Trinajstić information content (AvgIpc) is 3.34. The van der Waals surface area contributed by atoms with E-state index in [2.05, 4.69) is 41.7 Å². The molecular weight excluding hydrogens is 364 g/mol. The summed E-state index contributed by atoms with van der Waals surface area (Å²) in [4.78, 5) is 2.45. The summed E-state index contributed by atoms with van der Waals surface area (Å²) >= 11 is 1.78. The van der Waals surface area contributed by atoms with Crippen LogP contribution in [0.5, 0.6) is 5.75 Å². The molecule has 1 aromatic heterocycles. The predicted molar refractivity (Wildman–Crippen MR) is 116 cm³/mol. The summed E-state index contributed by atoms with van der Waals surface area (Å²) in [6.07, 6.45) is 2.32. The van der Waals surface area contributed by atoms with E-state index in [4.69, 9.17) is 4.74 Å². The van der Waals surface area contributed by atoms with Gasteiger partial charge in [0.1, 0.15) is 11.8 Å². The minimum atomic E-state index is 0.0490. The Labute approximate surface area is 170 Å². The summed E-state index contributed by atoms with van der Waals surface area (Å²) in [5.41, 5.74) is 5.88. The van der Waals surface area contributed by atoms with Crippen molar-refractivity contribution in [1.82, 2.24) is 5.32 Å². The summed E-state index contributed by atoms with van der Waals surface area (Å²) in [5, 5.41) is 12.9. The molecule has 1 aliphatic carbocycles. The first-order chi connectivity index (χ1) is 13.6. The third-order valence-electron chi connectivity index (χ3n) is 5.24. The monoisotopic (exact) mass is 388 g/mol. The molecule has 1 aliphatic rings. The zero-order valence-electron chi connectivity index (χ0n) is 16.5. The van der Waals surface area contributed by atoms with Crippen LogP contribution in [0.2, 0.25) is 0 Å². The highest BCUT2D eigenvalue weighted by atomic mass is 32.1. The maximum absolute atomic E-state index is 9.51. The molecule has 28 heavy (non-hydrogen) atoms. The Bertz CT molecular complexity index is 1040. The van der Waals surface area contributed by atoms with Crippen LogP contribution in [0.15, 0.2) is 48.5 Å². The number of thiophene rings is 1. The second-order valence-corrected chi connectivity index (χ2v) is 8.49. The van der Waals surface area contributed by atoms with Crippen LogP contribution >= 0.6 is 11.3 Å². The summed E-state index contributed by atoms with van der Waals surface area (Å²) < 4.78 is 5.75. The van der Waals surface area contributed by atoms with Crippen molar-refractivity contribution in [3.63, 3.8) is 0 Å². The number of fused-ring (bicyclic) bond motifs is 1. The van der Waals surface area contributed by atoms with Crippen molar-refractivity contribution in [2.24, 2.45) is 0 Å². The molecule has 3 nitrogen and oxygen atoms in total. The first-order valence-electron chi connectivity index (χ1n) is 9.71. The minimum absolute atomic E-state index is 0.0490. The molecule has 0 fully saturated rings. The molecule has 1 heterocycles. The topological polar surface area (TPSA) is 45.0 Å². The van der Waals surface area contributed by atoms with Gasteiger partial charge in [-0.2, -0.15) is 5.26 Å². The predicted octanol–water partition coefficient (Wildman–Crippen LogP) is 5.95. The van der Waals surface area contributed by atoms with Crippen LogP contribution in [0.4, 0.5) is 0 Å². The quantitative estimate of drug-likeness (QED) is 0.587. The molecule has 3 aromatic rings. The molecule has 0 saturated heterocycles. The molecular formula is C24H24N2OS. The molecule has 0 saturated carbocycles. The highest BCUT2D eigenvalue weighted by Gasteiger charge is 2.24. The molecule has 4 rings (SSSR count). The summed E-state index contributed by atoms with van der Waals surface area (Å²) in [6, 6.07) is 19.6. The number of ether oxygens (including phenoxy) is 1. The number of hydrogen-bond donors (Lipinski definition) is 1. The lowest BCUT2D eigenvalue weighted by Crippen LogP contribution is -2.12. The normalized spacial score (nSPS) is 15.5. The fraction of sp³-hybridized carbons (Fsp3) is 0.292. The SMILES string of the molecule is CN[C@@H]1CCc2c(-c3ccc(-c4ccc(OC(C)C)c(C#N)c4)s3)cccc21. The Balaban J connectivity index is 1.68. The smallest absolute Gasteiger partial charge is 0.137 e. The van der Waals surface area contributed by atoms with Crippen molar-refractivity contribution in [3.8, 4) is 32.7 Å². The van der Waals surface area contributed by atoms with Gasteiger partial charge in [0.2, 0.25) is 0 Å². The lowest BCUT2D eigenvalue weighted by Gasteiger charge is -2.12. The standard InChI is InChI=1S/C24H24N2OS/c1-15(2)27-22-10-7-16(13-17(22)14-25)23-11-12-24(28-23)20-6-4-5-19-18(20)8-9-21(19)26-3/h4-7,10-13,15,21,26H,8-9H2,1-3H3/t21-/m1/s1. The van der Waals surface area contributed by atoms with E-state index in [0.717, 1.165) is 18.4 Å². The van der Waals surface area contributed by atoms with Gasteiger partial charge in [0.25, 0.3) is 0 Å². The van der Waals surface area contributed by atoms with Crippen LogP contribution in [-0.4, -0.2) is 13.2 Å². The first kappa shape index (κ1) is 18.7. The second-order valence-electron chi connectivity index (χ2n) is 7.41. The largest absolute Gasteiger partial charge is 0.490 e. The van der Waals surface area contributed by atoms with Gasteiger partial charge in [-0.25, -0.2) is 0 Å². The lowest BCUT2D eigenvalue weighted by atomic mass is 10.0. The summed E-state index contributed by atoms with van der Waals surface area (Å²) in [6.45, 7) is 3.94. The highest BCUT2D eigenvalue weighted by molar-refractivity contribution is 7.18. The van der Waals surface area contributed by atoms with Gasteiger partial charge < -0.3 is 10.1 Å². The van der Waals surface area contributed by atoms with Crippen molar-refractivity contribution < 1.29 is 4.74 Å². The third kappa shape index (κ3) is 3.44. The lowest BCUT2D eigenvalue weighted by molar-refractivity contribution is 0.242. The molecule has 0 bridgehead atoms. The Hall–Kier alpha value is -2.61. The Morgan fingerprint density at radius 2 is 1.96 bits per heavy atom. The molecule has 4 heteroatoms. The molecule has 0 spiro atoms. The first-order valence-corrected chi connectivity index (χ1v) is 10.5. The minimum Gasteiger partial charge on any atom is -0.490 e. The zero-order valence-corrected chi connectivity index (χ0v) is 17.3. The zero-order chi connectivity index (χ0) is 19.7. The van der Waals surface area contributed by atoms with Crippen LogP contribution in [-0.2, 0) is 6.42 Å². The second kappa shape index (κ2) is 7.79. The van der Waals surface area contributed by atoms with Gasteiger partial charge in [0.05, 0.1) is 11.7 Å². The Kier molecular flexibility index (Phi) is 5.21. The van der Waals surface area contributed by atoms with Gasteiger partial charge in [0.15, 0.2) is 0 Å². The fourth-order valence-electron chi connectivity index (χ4n) is 3.95. The molecule has 142 valence electrons. The van der Waals surface area contributed by atoms with Gasteiger partial charge in [0, 0.05) is 15.8 Å². The number of rotatable bonds is 5. The molecule has 0 amide bonds. The number of nitrogens with one attached hydrogen (secondary N) is 1. The van der Waals surface area contributed by atoms with E-state index < -0.39 is 0 Å². The molecule has 0 radical (unpaired) electrons. The van der Waals surface area contributed by atoms with Gasteiger partial charge in [-0.05, 0) is 86.3 Å². The summed E-state index contributed by atoms with van der Waals surface area (Å²) in [7, 11) is 2.04. The van der Waals surface area contributed by atoms with E-state index in [0.29, 0.717) is 17.4 Å². The maximum atomic E-state index is 9.51. The molecule has 1 atom stereocenters. The maximum Gasteiger partial charge on any atom is 0.137 e. The molecule has 0 aliphatic heterocycles. The number of benzene rings is 2. The molecule has 1 N–H and O–H groups in total. The average molecular weight is 389 g/mol. The number of nitrogens with zero attached hydrogens (tertiary/aromatic N) is 1. The van der Waals surface area contributed by atoms with Crippen molar-refractivity contribution in [2.75, 3.05) is 7.05 Å². The van der Waals surface area contributed by atoms with Crippen LogP contribution in [0.25, 0.3) is 20.9 Å². The van der Waals surface area contributed by atoms with Gasteiger partial charge in [-0.15, -0.1) is 11.3 Å². The third-order valence-corrected chi connectivity index (χ3v) is 6.41. The van der Waals surface area contributed by atoms with Crippen LogP contribution < -0.4 is 10.1 Å². The van der Waals surface area contributed by atoms with Crippen molar-refractivity contribution in [3.05, 3.63) is 65.2 Å². The fourth-order valence-corrected chi connectivity index (χ4v) is 5.01. The van der Waals surface area contributed by atoms with E-state index in [1.54, 1.807) is 11.3 Å². The van der Waals surface area contributed by atoms with Crippen LogP contribution in [0, 0.1) is 11.3 Å². The van der Waals surface area contributed by atoms with Crippen molar-refractivity contribution in [1.29, 1.82) is 5.26 Å². The summed E-state index contributed by atoms with van der Waals surface area (Å²) in [5.74, 6) is 0.650. The molecule has 0 unspecified atom stereocenters. The van der Waals surface area contributed by atoms with E-state index in [-0.39, 0.29) is 6.10 Å². The van der Waals surface area contributed by atoms with E-state index in [1.165, 1.54) is 26.4 Å².